The van der Waals surface area contributed by atoms with Gasteiger partial charge in [-0.15, -0.1) is 6.58 Å². The molecule has 0 bridgehead atoms. The summed E-state index contributed by atoms with van der Waals surface area (Å²) in [6.07, 6.45) is 6.28. The lowest BCUT2D eigenvalue weighted by Crippen LogP contribution is -2.34. The van der Waals surface area contributed by atoms with E-state index in [2.05, 4.69) is 17.5 Å². The van der Waals surface area contributed by atoms with E-state index < -0.39 is 6.04 Å². The van der Waals surface area contributed by atoms with Crippen LogP contribution in [0.15, 0.2) is 30.9 Å². The number of nitriles is 1. The third kappa shape index (κ3) is 2.33. The van der Waals surface area contributed by atoms with Gasteiger partial charge in [0.1, 0.15) is 0 Å². The highest BCUT2D eigenvalue weighted by atomic mass is 35.5. The fraction of sp³-hybridized carbons (Fsp3) is 0.412. The van der Waals surface area contributed by atoms with Gasteiger partial charge < -0.3 is 0 Å². The van der Waals surface area contributed by atoms with E-state index in [0.717, 1.165) is 48.3 Å². The summed E-state index contributed by atoms with van der Waals surface area (Å²) in [5.41, 5.74) is 1.87. The molecule has 0 saturated carbocycles. The molecule has 2 rings (SSSR count). The topological polar surface area (TPSA) is 28.1 Å². The van der Waals surface area contributed by atoms with Crippen LogP contribution in [-0.4, -0.2) is 6.04 Å². The van der Waals surface area contributed by atoms with Crippen molar-refractivity contribution in [3.05, 3.63) is 58.4 Å². The Bertz CT molecular complexity index is 580. The van der Waals surface area contributed by atoms with Gasteiger partial charge in [0.25, 0.3) is 0 Å². The number of halogens is 1. The summed E-state index contributed by atoms with van der Waals surface area (Å²) in [5.74, 6) is 0. The molecule has 0 heterocycles. The average molecular weight is 285 g/mol. The number of nitrogens with zero attached hydrogens (tertiary/aromatic N) is 2. The molecular weight excluding hydrogens is 268 g/mol. The number of hydrogen-bond donors (Lipinski definition) is 0. The van der Waals surface area contributed by atoms with Crippen LogP contribution in [0.2, 0.25) is 5.02 Å². The zero-order chi connectivity index (χ0) is 14.6. The Labute approximate surface area is 125 Å². The second kappa shape index (κ2) is 6.12. The summed E-state index contributed by atoms with van der Waals surface area (Å²) in [5, 5.41) is 10.1. The van der Waals surface area contributed by atoms with E-state index in [1.54, 1.807) is 0 Å². The van der Waals surface area contributed by atoms with Crippen LogP contribution in [-0.2, 0) is 11.8 Å². The first-order valence-electron chi connectivity index (χ1n) is 6.84. The summed E-state index contributed by atoms with van der Waals surface area (Å²) in [6, 6.07) is 7.42. The molecule has 2 unspecified atom stereocenters. The molecule has 1 aromatic rings. The fourth-order valence-corrected chi connectivity index (χ4v) is 3.55. The number of allylic oxidation sites excluding steroid dienone is 1. The lowest BCUT2D eigenvalue weighted by molar-refractivity contribution is 0.373. The van der Waals surface area contributed by atoms with Gasteiger partial charge in [0, 0.05) is 5.02 Å². The van der Waals surface area contributed by atoms with Crippen LogP contribution in [0.3, 0.4) is 0 Å². The standard InChI is InChI=1S/C17H17ClN2/c1-3-4-5-10-17(16(12-19)20-2)11-9-13-14(17)7-6-8-15(13)18/h3,6-8,16H,1,4-5,9-11H2. The fourth-order valence-electron chi connectivity index (χ4n) is 3.28. The second-order valence-corrected chi connectivity index (χ2v) is 5.67. The third-order valence-electron chi connectivity index (χ3n) is 4.28. The first-order chi connectivity index (χ1) is 9.69. The quantitative estimate of drug-likeness (QED) is 0.438. The summed E-state index contributed by atoms with van der Waals surface area (Å²) < 4.78 is 0. The SMILES string of the molecule is [C-]#[N+]C(C#N)C1(CCCC=C)CCc2c(Cl)cccc21. The van der Waals surface area contributed by atoms with Gasteiger partial charge in [0.05, 0.1) is 5.41 Å². The number of rotatable bonds is 5. The first kappa shape index (κ1) is 14.6. The Morgan fingerprint density at radius 3 is 3.05 bits per heavy atom. The lowest BCUT2D eigenvalue weighted by atomic mass is 9.72. The number of hydrogen-bond acceptors (Lipinski definition) is 1. The highest BCUT2D eigenvalue weighted by Gasteiger charge is 2.49. The highest BCUT2D eigenvalue weighted by Crippen LogP contribution is 2.48. The van der Waals surface area contributed by atoms with Crippen molar-refractivity contribution >= 4 is 11.6 Å². The molecule has 0 radical (unpaired) electrons. The van der Waals surface area contributed by atoms with Gasteiger partial charge in [-0.3, -0.25) is 4.85 Å². The van der Waals surface area contributed by atoms with Crippen molar-refractivity contribution in [1.82, 2.24) is 0 Å². The van der Waals surface area contributed by atoms with Crippen LogP contribution in [0, 0.1) is 17.9 Å². The van der Waals surface area contributed by atoms with Crippen molar-refractivity contribution < 1.29 is 0 Å². The molecule has 2 atom stereocenters. The van der Waals surface area contributed by atoms with E-state index in [4.69, 9.17) is 18.2 Å². The Morgan fingerprint density at radius 2 is 2.40 bits per heavy atom. The predicted octanol–water partition coefficient (Wildman–Crippen LogP) is 4.69. The minimum atomic E-state index is -0.632. The second-order valence-electron chi connectivity index (χ2n) is 5.26. The van der Waals surface area contributed by atoms with Crippen molar-refractivity contribution in [3.63, 3.8) is 0 Å². The monoisotopic (exact) mass is 284 g/mol. The highest BCUT2D eigenvalue weighted by molar-refractivity contribution is 6.31. The van der Waals surface area contributed by atoms with Gasteiger partial charge in [-0.25, -0.2) is 6.57 Å². The van der Waals surface area contributed by atoms with Crippen molar-refractivity contribution in [2.45, 2.75) is 43.6 Å². The molecule has 1 aliphatic rings. The minimum Gasteiger partial charge on any atom is -0.296 e. The van der Waals surface area contributed by atoms with Crippen molar-refractivity contribution in [2.75, 3.05) is 0 Å². The molecule has 0 amide bonds. The largest absolute Gasteiger partial charge is 0.316 e. The molecule has 1 aromatic carbocycles. The van der Waals surface area contributed by atoms with Crippen molar-refractivity contribution in [1.29, 1.82) is 5.26 Å². The maximum absolute atomic E-state index is 9.39. The van der Waals surface area contributed by atoms with Crippen molar-refractivity contribution in [3.8, 4) is 6.07 Å². The van der Waals surface area contributed by atoms with E-state index in [-0.39, 0.29) is 5.41 Å². The smallest absolute Gasteiger partial charge is 0.296 e. The first-order valence-corrected chi connectivity index (χ1v) is 7.22. The predicted molar refractivity (Wildman–Crippen MR) is 81.5 cm³/mol. The minimum absolute atomic E-state index is 0.361. The lowest BCUT2D eigenvalue weighted by Gasteiger charge is -2.28. The summed E-state index contributed by atoms with van der Waals surface area (Å²) in [4.78, 5) is 3.59. The maximum atomic E-state index is 9.39. The molecule has 0 N–H and O–H groups in total. The van der Waals surface area contributed by atoms with Crippen LogP contribution in [0.25, 0.3) is 4.85 Å². The van der Waals surface area contributed by atoms with E-state index in [0.29, 0.717) is 0 Å². The molecule has 0 spiro atoms. The zero-order valence-corrected chi connectivity index (χ0v) is 12.2. The molecule has 0 aliphatic heterocycles. The Kier molecular flexibility index (Phi) is 4.48. The van der Waals surface area contributed by atoms with Gasteiger partial charge in [0.2, 0.25) is 0 Å². The van der Waals surface area contributed by atoms with Crippen LogP contribution < -0.4 is 0 Å². The van der Waals surface area contributed by atoms with Crippen LogP contribution in [0.1, 0.15) is 36.8 Å². The third-order valence-corrected chi connectivity index (χ3v) is 4.64. The average Bonchev–Trinajstić information content (AvgIpc) is 2.82. The number of fused-ring (bicyclic) bond motifs is 1. The van der Waals surface area contributed by atoms with Gasteiger partial charge in [-0.2, -0.15) is 5.26 Å². The molecule has 0 fully saturated rings. The molecule has 3 heteroatoms. The molecule has 0 aromatic heterocycles. The van der Waals surface area contributed by atoms with Crippen molar-refractivity contribution in [2.24, 2.45) is 0 Å². The molecule has 0 saturated heterocycles. The van der Waals surface area contributed by atoms with E-state index in [1.165, 1.54) is 0 Å². The summed E-state index contributed by atoms with van der Waals surface area (Å²) >= 11 is 6.27. The van der Waals surface area contributed by atoms with Gasteiger partial charge in [-0.05, 0) is 49.3 Å². The van der Waals surface area contributed by atoms with E-state index in [9.17, 15) is 5.26 Å². The number of benzene rings is 1. The molecule has 102 valence electrons. The van der Waals surface area contributed by atoms with Gasteiger partial charge >= 0.3 is 6.04 Å². The molecule has 1 aliphatic carbocycles. The Hall–Kier alpha value is -1.77. The molecule has 20 heavy (non-hydrogen) atoms. The normalized spacial score (nSPS) is 21.6. The van der Waals surface area contributed by atoms with Crippen LogP contribution in [0.4, 0.5) is 0 Å². The van der Waals surface area contributed by atoms with Crippen LogP contribution >= 0.6 is 11.6 Å². The zero-order valence-electron chi connectivity index (χ0n) is 11.4. The van der Waals surface area contributed by atoms with E-state index >= 15 is 0 Å². The summed E-state index contributed by atoms with van der Waals surface area (Å²) in [6.45, 7) is 11.1. The van der Waals surface area contributed by atoms with E-state index in [1.807, 2.05) is 24.3 Å². The van der Waals surface area contributed by atoms with Gasteiger partial charge in [0.15, 0.2) is 6.07 Å². The summed E-state index contributed by atoms with van der Waals surface area (Å²) in [7, 11) is 0. The maximum Gasteiger partial charge on any atom is 0.316 e. The van der Waals surface area contributed by atoms with Crippen LogP contribution in [0.5, 0.6) is 0 Å². The Balaban J connectivity index is 2.46. The Morgan fingerprint density at radius 1 is 1.60 bits per heavy atom. The molecular formula is C17H17ClN2. The number of unbranched alkanes of at least 4 members (excludes halogenated alkanes) is 1. The molecule has 2 nitrogen and oxygen atoms in total. The van der Waals surface area contributed by atoms with Gasteiger partial charge in [-0.1, -0.05) is 29.8 Å².